The number of imide groups is 1. The molecule has 15 nitrogen and oxygen atoms in total. The molecule has 0 bridgehead atoms. The van der Waals surface area contributed by atoms with E-state index < -0.39 is 52.2 Å². The van der Waals surface area contributed by atoms with Crippen molar-refractivity contribution in [1.82, 2.24) is 25.8 Å². The second-order valence-electron chi connectivity index (χ2n) is 19.3. The number of ether oxygens (including phenoxy) is 3. The van der Waals surface area contributed by atoms with Crippen LogP contribution in [0.3, 0.4) is 0 Å². The minimum atomic E-state index is -1.05. The van der Waals surface area contributed by atoms with Crippen LogP contribution < -0.4 is 25.4 Å². The number of nitrogens with one attached hydrogen (secondary N) is 3. The Balaban J connectivity index is 0.916. The number of oxazole rings is 1. The number of amides is 4. The highest BCUT2D eigenvalue weighted by molar-refractivity contribution is 6.31. The fraction of sp³-hybridized carbons (Fsp3) is 0.480. The summed E-state index contributed by atoms with van der Waals surface area (Å²) >= 11 is 6.23. The number of nitriles is 1. The Morgan fingerprint density at radius 2 is 1.67 bits per heavy atom. The number of nitrogens with zero attached hydrogens (tertiary/aromatic N) is 3. The molecule has 1 saturated heterocycles. The Morgan fingerprint density at radius 1 is 0.985 bits per heavy atom. The summed E-state index contributed by atoms with van der Waals surface area (Å²) in [7, 11) is 0. The van der Waals surface area contributed by atoms with Crippen LogP contribution in [-0.2, 0) is 25.7 Å². The minimum absolute atomic E-state index is 0.0380. The van der Waals surface area contributed by atoms with E-state index in [0.29, 0.717) is 58.6 Å². The second-order valence-corrected chi connectivity index (χ2v) is 19.7. The third kappa shape index (κ3) is 12.0. The smallest absolute Gasteiger partial charge is 0.252 e. The molecule has 4 amide bonds. The van der Waals surface area contributed by atoms with Crippen molar-refractivity contribution in [3.63, 3.8) is 0 Å². The van der Waals surface area contributed by atoms with E-state index in [9.17, 15) is 29.5 Å². The predicted octanol–water partition coefficient (Wildman–Crippen LogP) is 6.85. The zero-order valence-electron chi connectivity index (χ0n) is 38.7. The zero-order valence-corrected chi connectivity index (χ0v) is 39.4. The van der Waals surface area contributed by atoms with Gasteiger partial charge < -0.3 is 39.7 Å². The van der Waals surface area contributed by atoms with E-state index >= 15 is 0 Å². The molecule has 1 aliphatic carbocycles. The van der Waals surface area contributed by atoms with Crippen molar-refractivity contribution in [3.8, 4) is 28.9 Å². The number of unbranched alkanes of at least 4 members (excludes halogenated alkanes) is 2. The largest absolute Gasteiger partial charge is 0.494 e. The zero-order chi connectivity index (χ0) is 47.8. The number of carbonyl (C=O) groups excluding carboxylic acids is 4. The van der Waals surface area contributed by atoms with E-state index in [0.717, 1.165) is 23.3 Å². The average molecular weight is 926 g/mol. The molecule has 2 heterocycles. The van der Waals surface area contributed by atoms with Crippen LogP contribution in [0.1, 0.15) is 95.6 Å². The van der Waals surface area contributed by atoms with E-state index in [1.54, 1.807) is 60.8 Å². The van der Waals surface area contributed by atoms with Gasteiger partial charge in [0.2, 0.25) is 11.8 Å². The molecule has 1 saturated carbocycles. The van der Waals surface area contributed by atoms with Crippen LogP contribution in [0.2, 0.25) is 5.02 Å². The molecule has 352 valence electrons. The van der Waals surface area contributed by atoms with Crippen molar-refractivity contribution in [2.24, 2.45) is 16.2 Å². The van der Waals surface area contributed by atoms with Gasteiger partial charge in [-0.15, -0.1) is 0 Å². The molecule has 4 aromatic rings. The quantitative estimate of drug-likeness (QED) is 0.0713. The second kappa shape index (κ2) is 21.2. The third-order valence-electron chi connectivity index (χ3n) is 12.3. The van der Waals surface area contributed by atoms with E-state index in [1.165, 1.54) is 6.39 Å². The topological polar surface area (TPSA) is 205 Å². The fourth-order valence-corrected chi connectivity index (χ4v) is 9.24. The van der Waals surface area contributed by atoms with Gasteiger partial charge in [-0.25, -0.2) is 4.98 Å². The highest BCUT2D eigenvalue weighted by atomic mass is 35.5. The first kappa shape index (κ1) is 49.6. The van der Waals surface area contributed by atoms with Crippen LogP contribution in [0, 0.1) is 27.6 Å². The minimum Gasteiger partial charge on any atom is -0.494 e. The maximum Gasteiger partial charge on any atom is 0.252 e. The van der Waals surface area contributed by atoms with Gasteiger partial charge in [0.05, 0.1) is 42.1 Å². The Labute approximate surface area is 391 Å². The van der Waals surface area contributed by atoms with E-state index in [1.807, 2.05) is 32.9 Å². The molecule has 66 heavy (non-hydrogen) atoms. The van der Waals surface area contributed by atoms with Crippen molar-refractivity contribution in [1.29, 1.82) is 5.26 Å². The van der Waals surface area contributed by atoms with Crippen LogP contribution in [-0.4, -0.2) is 95.3 Å². The number of β-amino-alcohol motifs (C(OH)–C–C–N with tert-alkyl or cyclic N) is 1. The molecule has 0 radical (unpaired) electrons. The molecule has 2 aliphatic rings. The number of carbonyl (C=O) groups is 4. The summed E-state index contributed by atoms with van der Waals surface area (Å²) in [4.78, 5) is 59.7. The summed E-state index contributed by atoms with van der Waals surface area (Å²) in [6.45, 7) is 14.4. The first-order chi connectivity index (χ1) is 31.3. The first-order valence-corrected chi connectivity index (χ1v) is 22.7. The summed E-state index contributed by atoms with van der Waals surface area (Å²) in [5.74, 6) is 0.0767. The molecule has 1 aliphatic heterocycles. The molecule has 1 aromatic heterocycles. The molecule has 6 rings (SSSR count). The van der Waals surface area contributed by atoms with Gasteiger partial charge >= 0.3 is 0 Å². The molecular formula is C50H61ClN6O9. The lowest BCUT2D eigenvalue weighted by Gasteiger charge is -2.63. The summed E-state index contributed by atoms with van der Waals surface area (Å²) in [5.41, 5.74) is 0.826. The summed E-state index contributed by atoms with van der Waals surface area (Å²) in [6, 6.07) is 19.4. The molecule has 0 spiro atoms. The standard InChI is InChI=1S/C50H61ClN6O9/c1-48(2,3)42(45(62)57(44(61)39-23-35(58)26-54-39)28-31-11-13-32(14-12-31)40-27-53-30-65-40)55-41(59)29-63-21-9-8-10-22-64-36-18-15-33(16-19-36)43(60)56-46-49(4,5)47(50(46,6)7)66-37-20-17-34(25-52)38(51)24-37/h11-20,24,27,30,35,39,42,46-47,54,58H,8-10,21-23,26,28-29H2,1-7H3,(H,55,59)(H,56,60)/t35-,39+,42?,46-,47-/m1/s1. The highest BCUT2D eigenvalue weighted by Gasteiger charge is 2.64. The molecule has 2 fully saturated rings. The van der Waals surface area contributed by atoms with Gasteiger partial charge in [0, 0.05) is 47.2 Å². The van der Waals surface area contributed by atoms with Crippen LogP contribution in [0.25, 0.3) is 11.3 Å². The number of benzene rings is 3. The maximum absolute atomic E-state index is 14.3. The average Bonchev–Trinajstić information content (AvgIpc) is 3.99. The van der Waals surface area contributed by atoms with Gasteiger partial charge in [-0.05, 0) is 73.1 Å². The van der Waals surface area contributed by atoms with E-state index in [4.69, 9.17) is 30.2 Å². The van der Waals surface area contributed by atoms with E-state index in [-0.39, 0.29) is 44.2 Å². The summed E-state index contributed by atoms with van der Waals surface area (Å²) in [5, 5.41) is 28.7. The van der Waals surface area contributed by atoms with Crippen LogP contribution in [0.5, 0.6) is 11.5 Å². The fourth-order valence-electron chi connectivity index (χ4n) is 9.03. The lowest BCUT2D eigenvalue weighted by atomic mass is 9.49. The summed E-state index contributed by atoms with van der Waals surface area (Å²) in [6.07, 6.45) is 4.38. The number of hydrogen-bond acceptors (Lipinski definition) is 12. The van der Waals surface area contributed by atoms with Crippen LogP contribution in [0.15, 0.2) is 83.7 Å². The van der Waals surface area contributed by atoms with Crippen LogP contribution in [0.4, 0.5) is 0 Å². The number of hydrogen-bond donors (Lipinski definition) is 4. The van der Waals surface area contributed by atoms with Gasteiger partial charge in [0.25, 0.3) is 11.8 Å². The molecular weight excluding hydrogens is 864 g/mol. The van der Waals surface area contributed by atoms with Gasteiger partial charge in [-0.1, -0.05) is 84.3 Å². The Bertz CT molecular complexity index is 2340. The molecule has 3 aromatic carbocycles. The lowest BCUT2D eigenvalue weighted by Crippen LogP contribution is -2.74. The van der Waals surface area contributed by atoms with Crippen LogP contribution >= 0.6 is 11.6 Å². The Morgan fingerprint density at radius 3 is 2.27 bits per heavy atom. The number of aliphatic hydroxyl groups excluding tert-OH is 1. The predicted molar refractivity (Wildman–Crippen MR) is 247 cm³/mol. The van der Waals surface area contributed by atoms with Crippen molar-refractivity contribution >= 4 is 35.2 Å². The lowest BCUT2D eigenvalue weighted by molar-refractivity contribution is -0.164. The normalized spacial score (nSPS) is 20.0. The first-order valence-electron chi connectivity index (χ1n) is 22.3. The van der Waals surface area contributed by atoms with E-state index in [2.05, 4.69) is 54.7 Å². The molecule has 3 atom stereocenters. The SMILES string of the molecule is CC(C)(C)C(NC(=O)COCCCCCOc1ccc(C(=O)N[C@H]2C(C)(C)[C@H](Oc3ccc(C#N)c(Cl)c3)C2(C)C)cc1)C(=O)N(Cc1ccc(-c2cnco2)cc1)C(=O)[C@@H]1C[C@@H](O)CN1. The van der Waals surface area contributed by atoms with Gasteiger partial charge in [-0.3, -0.25) is 24.1 Å². The van der Waals surface area contributed by atoms with Crippen molar-refractivity contribution in [2.75, 3.05) is 26.4 Å². The Kier molecular flexibility index (Phi) is 16.0. The maximum atomic E-state index is 14.3. The third-order valence-corrected chi connectivity index (χ3v) is 12.7. The monoisotopic (exact) mass is 924 g/mol. The Hall–Kier alpha value is -5.79. The molecule has 1 unspecified atom stereocenters. The summed E-state index contributed by atoms with van der Waals surface area (Å²) < 4.78 is 23.3. The van der Waals surface area contributed by atoms with Crippen molar-refractivity contribution in [3.05, 3.63) is 101 Å². The highest BCUT2D eigenvalue weighted by Crippen LogP contribution is 2.55. The van der Waals surface area contributed by atoms with Gasteiger partial charge in [-0.2, -0.15) is 5.26 Å². The van der Waals surface area contributed by atoms with Crippen molar-refractivity contribution in [2.45, 2.75) is 111 Å². The van der Waals surface area contributed by atoms with Gasteiger partial charge in [0.1, 0.15) is 36.3 Å². The van der Waals surface area contributed by atoms with Gasteiger partial charge in [0.15, 0.2) is 12.2 Å². The molecule has 4 N–H and O–H groups in total. The molecule has 16 heteroatoms. The van der Waals surface area contributed by atoms with Crippen molar-refractivity contribution < 1.29 is 42.9 Å². The number of aliphatic hydroxyl groups is 1. The number of rotatable bonds is 19. The number of aromatic nitrogens is 1. The number of halogens is 1.